The van der Waals surface area contributed by atoms with Crippen LogP contribution < -0.4 is 10.6 Å². The highest BCUT2D eigenvalue weighted by atomic mass is 15.2. The first-order valence-corrected chi connectivity index (χ1v) is 12.6. The number of unbranched alkanes of at least 4 members (excludes halogenated alkanes) is 1. The molecule has 35 heavy (non-hydrogen) atoms. The lowest BCUT2D eigenvalue weighted by Crippen LogP contribution is -2.13. The molecule has 3 aromatic rings. The average Bonchev–Trinajstić information content (AvgIpc) is 3.41. The first kappa shape index (κ1) is 24.4. The van der Waals surface area contributed by atoms with Crippen LogP contribution in [0, 0.1) is 0 Å². The van der Waals surface area contributed by atoms with E-state index in [1.165, 1.54) is 18.4 Å². The third kappa shape index (κ3) is 6.44. The summed E-state index contributed by atoms with van der Waals surface area (Å²) in [6.07, 6.45) is 7.00. The van der Waals surface area contributed by atoms with Crippen molar-refractivity contribution in [3.05, 3.63) is 102 Å². The van der Waals surface area contributed by atoms with Crippen molar-refractivity contribution >= 4 is 22.8 Å². The monoisotopic (exact) mass is 465 g/mol. The van der Waals surface area contributed by atoms with Crippen molar-refractivity contribution in [3.63, 3.8) is 0 Å². The fourth-order valence-corrected chi connectivity index (χ4v) is 4.17. The second kappa shape index (κ2) is 12.1. The van der Waals surface area contributed by atoms with Gasteiger partial charge in [-0.2, -0.15) is 10.2 Å². The zero-order valence-corrected chi connectivity index (χ0v) is 20.8. The average molecular weight is 466 g/mol. The van der Waals surface area contributed by atoms with Crippen LogP contribution in [0.5, 0.6) is 0 Å². The van der Waals surface area contributed by atoms with Crippen LogP contribution in [-0.4, -0.2) is 23.0 Å². The molecule has 0 aliphatic carbocycles. The van der Waals surface area contributed by atoms with E-state index in [1.807, 2.05) is 18.2 Å². The normalized spacial score (nSPS) is 13.7. The van der Waals surface area contributed by atoms with Crippen molar-refractivity contribution in [3.8, 4) is 0 Å². The van der Waals surface area contributed by atoms with Gasteiger partial charge in [-0.05, 0) is 53.8 Å². The predicted molar refractivity (Wildman–Crippen MR) is 148 cm³/mol. The van der Waals surface area contributed by atoms with Crippen LogP contribution in [-0.2, 0) is 0 Å². The lowest BCUT2D eigenvalue weighted by atomic mass is 9.97. The molecule has 0 saturated carbocycles. The standard InChI is InChI=1S/C30H35N5/c1-4-6-9-27(33-26-17-15-23(16-18-26)22(3)31-19-5-2)24-11-13-25(14-12-24)29-21-30(35-34-29)28-10-7-8-20-32-28/h7-8,10-18,20,27,31,33H,3-6,9,19,21H2,1-2H3. The summed E-state index contributed by atoms with van der Waals surface area (Å²) < 4.78 is 0. The zero-order chi connectivity index (χ0) is 24.5. The molecule has 0 spiro atoms. The SMILES string of the molecule is C=C(NCCC)c1ccc(NC(CCCC)c2ccc(C3=NN=C(c4ccccn4)C3)cc2)cc1. The quantitative estimate of drug-likeness (QED) is 0.303. The Morgan fingerprint density at radius 1 is 0.914 bits per heavy atom. The number of nitrogens with one attached hydrogen (secondary N) is 2. The zero-order valence-electron chi connectivity index (χ0n) is 20.8. The van der Waals surface area contributed by atoms with Crippen molar-refractivity contribution in [1.82, 2.24) is 10.3 Å². The second-order valence-corrected chi connectivity index (χ2v) is 8.93. The van der Waals surface area contributed by atoms with E-state index in [9.17, 15) is 0 Å². The maximum absolute atomic E-state index is 4.43. The van der Waals surface area contributed by atoms with E-state index >= 15 is 0 Å². The summed E-state index contributed by atoms with van der Waals surface area (Å²) in [4.78, 5) is 4.40. The summed E-state index contributed by atoms with van der Waals surface area (Å²) in [7, 11) is 0. The van der Waals surface area contributed by atoms with Crippen molar-refractivity contribution in [2.45, 2.75) is 52.0 Å². The van der Waals surface area contributed by atoms with E-state index in [0.29, 0.717) is 6.42 Å². The molecule has 1 unspecified atom stereocenters. The lowest BCUT2D eigenvalue weighted by molar-refractivity contribution is 0.634. The molecule has 0 saturated heterocycles. The Morgan fingerprint density at radius 3 is 2.37 bits per heavy atom. The molecule has 5 heteroatoms. The van der Waals surface area contributed by atoms with Gasteiger partial charge in [-0.3, -0.25) is 4.98 Å². The largest absolute Gasteiger partial charge is 0.385 e. The van der Waals surface area contributed by atoms with E-state index < -0.39 is 0 Å². The van der Waals surface area contributed by atoms with Gasteiger partial charge in [0.25, 0.3) is 0 Å². The molecule has 1 aliphatic heterocycles. The molecule has 1 aliphatic rings. The Hall–Kier alpha value is -3.73. The first-order chi connectivity index (χ1) is 17.2. The van der Waals surface area contributed by atoms with Gasteiger partial charge in [0.2, 0.25) is 0 Å². The van der Waals surface area contributed by atoms with Gasteiger partial charge in [0.15, 0.2) is 0 Å². The van der Waals surface area contributed by atoms with Crippen LogP contribution in [0.3, 0.4) is 0 Å². The van der Waals surface area contributed by atoms with Gasteiger partial charge in [-0.25, -0.2) is 0 Å². The van der Waals surface area contributed by atoms with Crippen molar-refractivity contribution < 1.29 is 0 Å². The molecule has 0 fully saturated rings. The molecule has 5 nitrogen and oxygen atoms in total. The fraction of sp³-hybridized carbons (Fsp3) is 0.300. The minimum atomic E-state index is 0.252. The highest BCUT2D eigenvalue weighted by Gasteiger charge is 2.18. The number of aromatic nitrogens is 1. The summed E-state index contributed by atoms with van der Waals surface area (Å²) in [5.74, 6) is 0. The van der Waals surface area contributed by atoms with Gasteiger partial charge in [-0.15, -0.1) is 0 Å². The van der Waals surface area contributed by atoms with Crippen molar-refractivity contribution in [2.24, 2.45) is 10.2 Å². The highest BCUT2D eigenvalue weighted by molar-refractivity contribution is 6.19. The third-order valence-electron chi connectivity index (χ3n) is 6.24. The van der Waals surface area contributed by atoms with Crippen LogP contribution in [0.4, 0.5) is 5.69 Å². The molecule has 1 atom stereocenters. The Labute approximate surface area is 209 Å². The Bertz CT molecular complexity index is 1160. The number of benzene rings is 2. The van der Waals surface area contributed by atoms with E-state index in [1.54, 1.807) is 6.20 Å². The molecule has 2 aromatic carbocycles. The minimum Gasteiger partial charge on any atom is -0.385 e. The van der Waals surface area contributed by atoms with Crippen molar-refractivity contribution in [1.29, 1.82) is 0 Å². The van der Waals surface area contributed by atoms with E-state index in [-0.39, 0.29) is 6.04 Å². The topological polar surface area (TPSA) is 61.7 Å². The van der Waals surface area contributed by atoms with Crippen LogP contribution in [0.1, 0.15) is 74.4 Å². The molecular weight excluding hydrogens is 430 g/mol. The second-order valence-electron chi connectivity index (χ2n) is 8.93. The van der Waals surface area contributed by atoms with E-state index in [2.05, 4.69) is 94.8 Å². The summed E-state index contributed by atoms with van der Waals surface area (Å²) in [6.45, 7) is 9.49. The van der Waals surface area contributed by atoms with Gasteiger partial charge in [0, 0.05) is 30.5 Å². The van der Waals surface area contributed by atoms with E-state index in [0.717, 1.165) is 59.0 Å². The molecule has 2 N–H and O–H groups in total. The lowest BCUT2D eigenvalue weighted by Gasteiger charge is -2.21. The number of nitrogens with zero attached hydrogens (tertiary/aromatic N) is 3. The molecule has 4 rings (SSSR count). The van der Waals surface area contributed by atoms with Gasteiger partial charge < -0.3 is 10.6 Å². The Balaban J connectivity index is 1.42. The molecule has 0 radical (unpaired) electrons. The van der Waals surface area contributed by atoms with E-state index in [4.69, 9.17) is 0 Å². The van der Waals surface area contributed by atoms with Crippen LogP contribution >= 0.6 is 0 Å². The summed E-state index contributed by atoms with van der Waals surface area (Å²) in [5.41, 5.74) is 8.42. The molecular formula is C30H35N5. The Morgan fingerprint density at radius 2 is 1.69 bits per heavy atom. The molecule has 0 amide bonds. The first-order valence-electron chi connectivity index (χ1n) is 12.6. The maximum atomic E-state index is 4.43. The number of rotatable bonds is 12. The number of hydrogen-bond acceptors (Lipinski definition) is 5. The molecule has 1 aromatic heterocycles. The molecule has 0 bridgehead atoms. The van der Waals surface area contributed by atoms with Gasteiger partial charge in [0.1, 0.15) is 0 Å². The van der Waals surface area contributed by atoms with Crippen LogP contribution in [0.2, 0.25) is 0 Å². The van der Waals surface area contributed by atoms with Crippen LogP contribution in [0.15, 0.2) is 89.7 Å². The highest BCUT2D eigenvalue weighted by Crippen LogP contribution is 2.27. The summed E-state index contributed by atoms with van der Waals surface area (Å²) in [6, 6.07) is 23.4. The van der Waals surface area contributed by atoms with Crippen molar-refractivity contribution in [2.75, 3.05) is 11.9 Å². The fourth-order valence-electron chi connectivity index (χ4n) is 4.17. The summed E-state index contributed by atoms with van der Waals surface area (Å²) >= 11 is 0. The Kier molecular flexibility index (Phi) is 8.44. The molecule has 180 valence electrons. The van der Waals surface area contributed by atoms with Gasteiger partial charge in [0.05, 0.1) is 23.2 Å². The number of pyridine rings is 1. The maximum Gasteiger partial charge on any atom is 0.0946 e. The third-order valence-corrected chi connectivity index (χ3v) is 6.24. The van der Waals surface area contributed by atoms with Gasteiger partial charge >= 0.3 is 0 Å². The molecule has 2 heterocycles. The minimum absolute atomic E-state index is 0.252. The number of anilines is 1. The smallest absolute Gasteiger partial charge is 0.0946 e. The van der Waals surface area contributed by atoms with Crippen LogP contribution in [0.25, 0.3) is 5.70 Å². The number of hydrogen-bond donors (Lipinski definition) is 2. The summed E-state index contributed by atoms with van der Waals surface area (Å²) in [5, 5.41) is 15.9. The van der Waals surface area contributed by atoms with Gasteiger partial charge in [-0.1, -0.05) is 75.7 Å². The predicted octanol–water partition coefficient (Wildman–Crippen LogP) is 6.99.